The number of nitrogens with zero attached hydrogens (tertiary/aromatic N) is 6. The predicted octanol–water partition coefficient (Wildman–Crippen LogP) is 5.36. The van der Waals surface area contributed by atoms with Gasteiger partial charge in [-0.05, 0) is 25.1 Å². The Balaban J connectivity index is 1.56. The number of halogens is 1. The second-order valence-electron chi connectivity index (χ2n) is 6.28. The Hall–Kier alpha value is -3.31. The number of hydrazone groups is 1. The maximum atomic E-state index is 12.8. The van der Waals surface area contributed by atoms with Crippen LogP contribution in [0, 0.1) is 10.1 Å². The molecule has 0 fully saturated rings. The van der Waals surface area contributed by atoms with Crippen LogP contribution in [0.15, 0.2) is 73.7 Å². The Labute approximate surface area is 183 Å². The van der Waals surface area contributed by atoms with Crippen molar-refractivity contribution in [2.75, 3.05) is 5.01 Å². The van der Waals surface area contributed by atoms with Gasteiger partial charge < -0.3 is 0 Å². The molecule has 150 valence electrons. The molecule has 30 heavy (non-hydrogen) atoms. The predicted molar refractivity (Wildman–Crippen MR) is 117 cm³/mol. The Morgan fingerprint density at radius 3 is 2.67 bits per heavy atom. The molecule has 11 heteroatoms. The number of nitro benzene ring substituents is 1. The molecule has 0 saturated heterocycles. The Morgan fingerprint density at radius 2 is 1.93 bits per heavy atom. The molecule has 0 saturated carbocycles. The second-order valence-corrected chi connectivity index (χ2v) is 8.03. The fourth-order valence-electron chi connectivity index (χ4n) is 2.76. The summed E-state index contributed by atoms with van der Waals surface area (Å²) in [6.07, 6.45) is 0. The average Bonchev–Trinajstić information content (AvgIpc) is 3.32. The van der Waals surface area contributed by atoms with Gasteiger partial charge in [0.25, 0.3) is 11.6 Å². The minimum Gasteiger partial charge on any atom is -0.269 e. The maximum absolute atomic E-state index is 12.8. The summed E-state index contributed by atoms with van der Waals surface area (Å²) in [4.78, 5) is 27.9. The first-order valence-electron chi connectivity index (χ1n) is 8.69. The molecule has 3 aromatic rings. The van der Waals surface area contributed by atoms with Crippen molar-refractivity contribution in [2.24, 2.45) is 15.3 Å². The number of azo groups is 1. The van der Waals surface area contributed by atoms with Gasteiger partial charge in [0.05, 0.1) is 16.3 Å². The molecule has 2 heterocycles. The quantitative estimate of drug-likeness (QED) is 0.275. The first-order chi connectivity index (χ1) is 14.4. The first-order valence-corrected chi connectivity index (χ1v) is 10.4. The highest BCUT2D eigenvalue weighted by Crippen LogP contribution is 2.32. The SMILES string of the molecule is CC1=NN(c2nc(-c3ccc(Br)cc3)cs2)C(=O)[C@H]1N=Nc1ccccc1[N+](=O)[O-]. The van der Waals surface area contributed by atoms with Crippen molar-refractivity contribution in [3.05, 3.63) is 68.5 Å². The number of hydrogen-bond acceptors (Lipinski definition) is 8. The van der Waals surface area contributed by atoms with Crippen LogP contribution in [0.2, 0.25) is 0 Å². The van der Waals surface area contributed by atoms with Gasteiger partial charge in [-0.3, -0.25) is 14.9 Å². The van der Waals surface area contributed by atoms with E-state index in [1.807, 2.05) is 29.6 Å². The number of carbonyl (C=O) groups is 1. The molecule has 1 aromatic heterocycles. The zero-order valence-corrected chi connectivity index (χ0v) is 17.9. The van der Waals surface area contributed by atoms with Gasteiger partial charge in [0.2, 0.25) is 5.13 Å². The fourth-order valence-corrected chi connectivity index (χ4v) is 3.82. The minimum atomic E-state index is -0.954. The summed E-state index contributed by atoms with van der Waals surface area (Å²) in [6, 6.07) is 12.7. The van der Waals surface area contributed by atoms with Gasteiger partial charge in [-0.25, -0.2) is 4.98 Å². The molecule has 0 radical (unpaired) electrons. The second kappa shape index (κ2) is 8.20. The van der Waals surface area contributed by atoms with E-state index in [1.54, 1.807) is 13.0 Å². The van der Waals surface area contributed by atoms with E-state index in [0.717, 1.165) is 15.7 Å². The van der Waals surface area contributed by atoms with Crippen LogP contribution in [-0.2, 0) is 4.79 Å². The summed E-state index contributed by atoms with van der Waals surface area (Å²) in [7, 11) is 0. The third-order valence-electron chi connectivity index (χ3n) is 4.27. The summed E-state index contributed by atoms with van der Waals surface area (Å²) < 4.78 is 0.962. The number of anilines is 1. The topological polar surface area (TPSA) is 113 Å². The van der Waals surface area contributed by atoms with Crippen molar-refractivity contribution in [2.45, 2.75) is 13.0 Å². The van der Waals surface area contributed by atoms with Crippen LogP contribution in [0.5, 0.6) is 0 Å². The number of amides is 1. The minimum absolute atomic E-state index is 0.0772. The number of carbonyl (C=O) groups excluding carboxylic acids is 1. The van der Waals surface area contributed by atoms with Crippen molar-refractivity contribution in [1.29, 1.82) is 0 Å². The Kier molecular flexibility index (Phi) is 5.46. The highest BCUT2D eigenvalue weighted by molar-refractivity contribution is 9.10. The Morgan fingerprint density at radius 1 is 1.20 bits per heavy atom. The molecule has 1 atom stereocenters. The lowest BCUT2D eigenvalue weighted by molar-refractivity contribution is -0.384. The van der Waals surface area contributed by atoms with Crippen LogP contribution >= 0.6 is 27.3 Å². The smallest absolute Gasteiger partial charge is 0.269 e. The number of nitro groups is 1. The molecule has 0 N–H and O–H groups in total. The molecule has 1 amide bonds. The van der Waals surface area contributed by atoms with Crippen molar-refractivity contribution < 1.29 is 9.72 Å². The summed E-state index contributed by atoms with van der Waals surface area (Å²) in [5.74, 6) is -0.411. The van der Waals surface area contributed by atoms with Gasteiger partial charge in [0.1, 0.15) is 0 Å². The highest BCUT2D eigenvalue weighted by atomic mass is 79.9. The summed E-state index contributed by atoms with van der Waals surface area (Å²) in [5.41, 5.74) is 1.97. The van der Waals surface area contributed by atoms with Crippen LogP contribution in [0.4, 0.5) is 16.5 Å². The van der Waals surface area contributed by atoms with Crippen LogP contribution in [0.25, 0.3) is 11.3 Å². The summed E-state index contributed by atoms with van der Waals surface area (Å²) >= 11 is 4.68. The molecule has 1 aliphatic heterocycles. The zero-order chi connectivity index (χ0) is 21.3. The van der Waals surface area contributed by atoms with E-state index in [0.29, 0.717) is 10.8 Å². The lowest BCUT2D eigenvalue weighted by Crippen LogP contribution is -2.29. The molecule has 0 aliphatic carbocycles. The van der Waals surface area contributed by atoms with Crippen LogP contribution in [-0.4, -0.2) is 27.6 Å². The van der Waals surface area contributed by atoms with E-state index < -0.39 is 16.9 Å². The number of benzene rings is 2. The van der Waals surface area contributed by atoms with Crippen LogP contribution < -0.4 is 5.01 Å². The first kappa shape index (κ1) is 20.0. The standard InChI is InChI=1S/C19H13BrN6O3S/c1-11-17(23-22-14-4-2-3-5-16(14)26(28)29)18(27)25(24-11)19-21-15(10-30-19)12-6-8-13(20)9-7-12/h2-10,17H,1H3/t17-/m0/s1. The van der Waals surface area contributed by atoms with E-state index in [4.69, 9.17) is 0 Å². The van der Waals surface area contributed by atoms with Gasteiger partial charge >= 0.3 is 0 Å². The van der Waals surface area contributed by atoms with Crippen LogP contribution in [0.1, 0.15) is 6.92 Å². The van der Waals surface area contributed by atoms with Crippen molar-refractivity contribution >= 4 is 55.4 Å². The number of hydrogen-bond donors (Lipinski definition) is 0. The normalized spacial score (nSPS) is 16.3. The van der Waals surface area contributed by atoms with E-state index in [2.05, 4.69) is 36.2 Å². The third kappa shape index (κ3) is 3.89. The van der Waals surface area contributed by atoms with Gasteiger partial charge in [-0.15, -0.1) is 16.5 Å². The molecule has 0 unspecified atom stereocenters. The van der Waals surface area contributed by atoms with Crippen molar-refractivity contribution in [1.82, 2.24) is 4.98 Å². The largest absolute Gasteiger partial charge is 0.296 e. The van der Waals surface area contributed by atoms with E-state index in [-0.39, 0.29) is 11.4 Å². The van der Waals surface area contributed by atoms with Gasteiger partial charge in [-0.1, -0.05) is 40.2 Å². The third-order valence-corrected chi connectivity index (χ3v) is 5.61. The molecule has 1 aliphatic rings. The van der Waals surface area contributed by atoms with E-state index in [9.17, 15) is 14.9 Å². The van der Waals surface area contributed by atoms with Gasteiger partial charge in [-0.2, -0.15) is 15.2 Å². The number of thiazole rings is 1. The molecule has 0 spiro atoms. The number of para-hydroxylation sites is 1. The molecule has 4 rings (SSSR count). The van der Waals surface area contributed by atoms with E-state index in [1.165, 1.54) is 34.5 Å². The summed E-state index contributed by atoms with van der Waals surface area (Å²) in [5, 5.41) is 26.8. The maximum Gasteiger partial charge on any atom is 0.296 e. The fraction of sp³-hybridized carbons (Fsp3) is 0.105. The van der Waals surface area contributed by atoms with E-state index >= 15 is 0 Å². The highest BCUT2D eigenvalue weighted by Gasteiger charge is 2.36. The molecule has 0 bridgehead atoms. The van der Waals surface area contributed by atoms with Gasteiger partial charge in [0, 0.05) is 21.5 Å². The number of rotatable bonds is 5. The monoisotopic (exact) mass is 484 g/mol. The van der Waals surface area contributed by atoms with Crippen molar-refractivity contribution in [3.63, 3.8) is 0 Å². The van der Waals surface area contributed by atoms with Crippen LogP contribution in [0.3, 0.4) is 0 Å². The van der Waals surface area contributed by atoms with Gasteiger partial charge in [0.15, 0.2) is 11.7 Å². The molecular formula is C19H13BrN6O3S. The number of aromatic nitrogens is 1. The molecular weight excluding hydrogens is 472 g/mol. The lowest BCUT2D eigenvalue weighted by atomic mass is 10.2. The van der Waals surface area contributed by atoms with Crippen molar-refractivity contribution in [3.8, 4) is 11.3 Å². The molecule has 9 nitrogen and oxygen atoms in total. The molecule has 2 aromatic carbocycles. The summed E-state index contributed by atoms with van der Waals surface area (Å²) in [6.45, 7) is 1.66. The Bertz CT molecular complexity index is 1190. The zero-order valence-electron chi connectivity index (χ0n) is 15.5. The average molecular weight is 485 g/mol. The lowest BCUT2D eigenvalue weighted by Gasteiger charge is -2.08.